The maximum atomic E-state index is 12.6. The molecular formula is C18H20ClNO4. The summed E-state index contributed by atoms with van der Waals surface area (Å²) in [5.74, 6) is 1.40. The lowest BCUT2D eigenvalue weighted by atomic mass is 10.1. The van der Waals surface area contributed by atoms with E-state index in [2.05, 4.69) is 5.32 Å². The summed E-state index contributed by atoms with van der Waals surface area (Å²) in [6.07, 6.45) is 0. The Hall–Kier alpha value is -2.40. The summed E-state index contributed by atoms with van der Waals surface area (Å²) in [5.41, 5.74) is -0.547. The van der Waals surface area contributed by atoms with Crippen molar-refractivity contribution in [2.45, 2.75) is 19.4 Å². The normalized spacial score (nSPS) is 10.9. The van der Waals surface area contributed by atoms with Crippen molar-refractivity contribution < 1.29 is 19.0 Å². The van der Waals surface area contributed by atoms with Gasteiger partial charge in [-0.25, -0.2) is 0 Å². The Balaban J connectivity index is 2.14. The summed E-state index contributed by atoms with van der Waals surface area (Å²) in [5, 5.41) is 3.42. The Bertz CT molecular complexity index is 713. The number of amides is 1. The summed E-state index contributed by atoms with van der Waals surface area (Å²) in [7, 11) is 3.09. The van der Waals surface area contributed by atoms with E-state index in [4.69, 9.17) is 25.8 Å². The molecular weight excluding hydrogens is 330 g/mol. The highest BCUT2D eigenvalue weighted by Gasteiger charge is 2.30. The largest absolute Gasteiger partial charge is 0.497 e. The quantitative estimate of drug-likeness (QED) is 0.851. The van der Waals surface area contributed by atoms with Crippen LogP contribution in [0.1, 0.15) is 13.8 Å². The second kappa shape index (κ2) is 7.45. The van der Waals surface area contributed by atoms with Gasteiger partial charge in [-0.15, -0.1) is 0 Å². The topological polar surface area (TPSA) is 56.8 Å². The van der Waals surface area contributed by atoms with Crippen molar-refractivity contribution in [3.8, 4) is 17.2 Å². The molecule has 24 heavy (non-hydrogen) atoms. The third-order valence-corrected chi connectivity index (χ3v) is 3.64. The highest BCUT2D eigenvalue weighted by atomic mass is 35.5. The van der Waals surface area contributed by atoms with Crippen LogP contribution < -0.4 is 19.5 Å². The molecule has 0 bridgehead atoms. The number of carbonyl (C=O) groups is 1. The van der Waals surface area contributed by atoms with E-state index in [0.717, 1.165) is 0 Å². The number of nitrogens with one attached hydrogen (secondary N) is 1. The molecule has 0 heterocycles. The van der Waals surface area contributed by atoms with Gasteiger partial charge in [-0.1, -0.05) is 11.6 Å². The number of carbonyl (C=O) groups excluding carboxylic acids is 1. The average molecular weight is 350 g/mol. The van der Waals surface area contributed by atoms with Gasteiger partial charge in [0.15, 0.2) is 5.60 Å². The van der Waals surface area contributed by atoms with Crippen LogP contribution in [0.2, 0.25) is 5.02 Å². The van der Waals surface area contributed by atoms with E-state index in [9.17, 15) is 4.79 Å². The maximum Gasteiger partial charge on any atom is 0.268 e. The smallest absolute Gasteiger partial charge is 0.268 e. The fraction of sp³-hybridized carbons (Fsp3) is 0.278. The van der Waals surface area contributed by atoms with Crippen molar-refractivity contribution >= 4 is 23.2 Å². The summed E-state index contributed by atoms with van der Waals surface area (Å²) in [4.78, 5) is 12.6. The van der Waals surface area contributed by atoms with Crippen molar-refractivity contribution in [1.82, 2.24) is 0 Å². The van der Waals surface area contributed by atoms with Gasteiger partial charge < -0.3 is 19.5 Å². The highest BCUT2D eigenvalue weighted by Crippen LogP contribution is 2.30. The Morgan fingerprint density at radius 1 is 1.00 bits per heavy atom. The third-order valence-electron chi connectivity index (χ3n) is 3.39. The van der Waals surface area contributed by atoms with E-state index in [1.807, 2.05) is 0 Å². The number of benzene rings is 2. The fourth-order valence-electron chi connectivity index (χ4n) is 2.02. The SMILES string of the molecule is COc1ccc(NC(=O)C(C)(C)Oc2ccc(Cl)cc2)c(OC)c1. The average Bonchev–Trinajstić information content (AvgIpc) is 2.57. The van der Waals surface area contributed by atoms with Gasteiger partial charge in [-0.2, -0.15) is 0 Å². The second-order valence-corrected chi connectivity index (χ2v) is 6.02. The van der Waals surface area contributed by atoms with Crippen LogP contribution in [0.25, 0.3) is 0 Å². The number of anilines is 1. The molecule has 0 atom stereocenters. The molecule has 2 aromatic rings. The molecule has 5 nitrogen and oxygen atoms in total. The van der Waals surface area contributed by atoms with Crippen molar-refractivity contribution in [3.05, 3.63) is 47.5 Å². The van der Waals surface area contributed by atoms with Crippen LogP contribution in [-0.4, -0.2) is 25.7 Å². The lowest BCUT2D eigenvalue weighted by Crippen LogP contribution is -2.42. The monoisotopic (exact) mass is 349 g/mol. The molecule has 2 rings (SSSR count). The minimum absolute atomic E-state index is 0.305. The summed E-state index contributed by atoms with van der Waals surface area (Å²) < 4.78 is 16.2. The van der Waals surface area contributed by atoms with E-state index in [1.165, 1.54) is 7.11 Å². The van der Waals surface area contributed by atoms with E-state index in [1.54, 1.807) is 63.4 Å². The molecule has 128 valence electrons. The van der Waals surface area contributed by atoms with Gasteiger partial charge in [0.1, 0.15) is 17.2 Å². The molecule has 0 saturated heterocycles. The Kier molecular flexibility index (Phi) is 5.57. The number of hydrogen-bond acceptors (Lipinski definition) is 4. The molecule has 1 amide bonds. The molecule has 0 radical (unpaired) electrons. The van der Waals surface area contributed by atoms with Crippen molar-refractivity contribution in [2.75, 3.05) is 19.5 Å². The Morgan fingerprint density at radius 3 is 2.21 bits per heavy atom. The molecule has 0 fully saturated rings. The number of ether oxygens (including phenoxy) is 3. The Morgan fingerprint density at radius 2 is 1.62 bits per heavy atom. The zero-order chi connectivity index (χ0) is 17.7. The molecule has 1 N–H and O–H groups in total. The first-order valence-electron chi connectivity index (χ1n) is 7.34. The minimum atomic E-state index is -1.08. The van der Waals surface area contributed by atoms with Gasteiger partial charge in [0, 0.05) is 11.1 Å². The summed E-state index contributed by atoms with van der Waals surface area (Å²) >= 11 is 5.85. The van der Waals surface area contributed by atoms with Crippen LogP contribution in [0, 0.1) is 0 Å². The van der Waals surface area contributed by atoms with Crippen LogP contribution in [0.5, 0.6) is 17.2 Å². The number of methoxy groups -OCH3 is 2. The van der Waals surface area contributed by atoms with Crippen LogP contribution in [-0.2, 0) is 4.79 Å². The van der Waals surface area contributed by atoms with Crippen LogP contribution in [0.3, 0.4) is 0 Å². The minimum Gasteiger partial charge on any atom is -0.497 e. The molecule has 0 aromatic heterocycles. The van der Waals surface area contributed by atoms with Crippen molar-refractivity contribution in [1.29, 1.82) is 0 Å². The predicted octanol–water partition coefficient (Wildman–Crippen LogP) is 4.15. The molecule has 0 saturated carbocycles. The zero-order valence-electron chi connectivity index (χ0n) is 14.1. The van der Waals surface area contributed by atoms with Crippen molar-refractivity contribution in [2.24, 2.45) is 0 Å². The molecule has 0 unspecified atom stereocenters. The van der Waals surface area contributed by atoms with Crippen LogP contribution in [0.15, 0.2) is 42.5 Å². The van der Waals surface area contributed by atoms with E-state index < -0.39 is 5.60 Å². The number of halogens is 1. The number of hydrogen-bond donors (Lipinski definition) is 1. The van der Waals surface area contributed by atoms with E-state index in [0.29, 0.717) is 28.0 Å². The van der Waals surface area contributed by atoms with Gasteiger partial charge in [-0.05, 0) is 50.2 Å². The first kappa shape index (κ1) is 17.9. The zero-order valence-corrected chi connectivity index (χ0v) is 14.8. The van der Waals surface area contributed by atoms with Gasteiger partial charge in [0.25, 0.3) is 5.91 Å². The van der Waals surface area contributed by atoms with Gasteiger partial charge >= 0.3 is 0 Å². The first-order chi connectivity index (χ1) is 11.4. The highest BCUT2D eigenvalue weighted by molar-refractivity contribution is 6.30. The lowest BCUT2D eigenvalue weighted by Gasteiger charge is -2.25. The van der Waals surface area contributed by atoms with Crippen molar-refractivity contribution in [3.63, 3.8) is 0 Å². The predicted molar refractivity (Wildman–Crippen MR) is 94.3 cm³/mol. The van der Waals surface area contributed by atoms with E-state index in [-0.39, 0.29) is 5.91 Å². The Labute approximate surface area is 146 Å². The van der Waals surface area contributed by atoms with Gasteiger partial charge in [0.05, 0.1) is 19.9 Å². The molecule has 0 spiro atoms. The lowest BCUT2D eigenvalue weighted by molar-refractivity contribution is -0.128. The van der Waals surface area contributed by atoms with Crippen LogP contribution in [0.4, 0.5) is 5.69 Å². The number of rotatable bonds is 6. The first-order valence-corrected chi connectivity index (χ1v) is 7.71. The van der Waals surface area contributed by atoms with Gasteiger partial charge in [-0.3, -0.25) is 4.79 Å². The maximum absolute atomic E-state index is 12.6. The van der Waals surface area contributed by atoms with Gasteiger partial charge in [0.2, 0.25) is 0 Å². The molecule has 0 aliphatic heterocycles. The standard InChI is InChI=1S/C18H20ClNO4/c1-18(2,24-13-7-5-12(19)6-8-13)17(21)20-15-10-9-14(22-3)11-16(15)23-4/h5-11H,1-4H3,(H,20,21). The fourth-order valence-corrected chi connectivity index (χ4v) is 2.14. The summed E-state index contributed by atoms with van der Waals surface area (Å²) in [6.45, 7) is 3.37. The molecule has 6 heteroatoms. The molecule has 0 aliphatic rings. The summed E-state index contributed by atoms with van der Waals surface area (Å²) in [6, 6.07) is 12.0. The third kappa shape index (κ3) is 4.32. The van der Waals surface area contributed by atoms with E-state index >= 15 is 0 Å². The molecule has 2 aromatic carbocycles. The molecule has 0 aliphatic carbocycles. The second-order valence-electron chi connectivity index (χ2n) is 5.59. The van der Waals surface area contributed by atoms with Crippen LogP contribution >= 0.6 is 11.6 Å².